The number of hydrogen-bond acceptors (Lipinski definition) is 4. The summed E-state index contributed by atoms with van der Waals surface area (Å²) in [6, 6.07) is 8.10. The number of hydrogen-bond donors (Lipinski definition) is 2. The summed E-state index contributed by atoms with van der Waals surface area (Å²) in [4.78, 5) is 38.3. The van der Waals surface area contributed by atoms with Crippen LogP contribution in [0.4, 0.5) is 4.79 Å². The van der Waals surface area contributed by atoms with Crippen LogP contribution in [0.3, 0.4) is 0 Å². The van der Waals surface area contributed by atoms with Crippen LogP contribution in [0.25, 0.3) is 0 Å². The highest BCUT2D eigenvalue weighted by atomic mass is 35.5. The van der Waals surface area contributed by atoms with Crippen LogP contribution in [0.15, 0.2) is 24.3 Å². The number of carbonyl (C=O) groups is 3. The fourth-order valence-corrected chi connectivity index (χ4v) is 3.64. The molecular weight excluding hydrogens is 356 g/mol. The van der Waals surface area contributed by atoms with E-state index in [1.807, 2.05) is 0 Å². The van der Waals surface area contributed by atoms with Gasteiger partial charge in [0.15, 0.2) is 0 Å². The Morgan fingerprint density at radius 3 is 2.50 bits per heavy atom. The maximum absolute atomic E-state index is 12.8. The lowest BCUT2D eigenvalue weighted by atomic mass is 9.92. The number of nitrogens with one attached hydrogen (secondary N) is 2. The van der Waals surface area contributed by atoms with Crippen LogP contribution in [-0.2, 0) is 15.1 Å². The molecule has 8 heteroatoms. The van der Waals surface area contributed by atoms with Crippen molar-refractivity contribution >= 4 is 29.4 Å². The third-order valence-corrected chi connectivity index (χ3v) is 5.30. The van der Waals surface area contributed by atoms with E-state index in [4.69, 9.17) is 11.6 Å². The van der Waals surface area contributed by atoms with E-state index in [0.717, 1.165) is 17.7 Å². The van der Waals surface area contributed by atoms with Gasteiger partial charge in [0.1, 0.15) is 17.6 Å². The number of rotatable bonds is 4. The van der Waals surface area contributed by atoms with E-state index in [1.54, 1.807) is 31.2 Å². The topological polar surface area (TPSA) is 102 Å². The van der Waals surface area contributed by atoms with Crippen LogP contribution in [0.1, 0.15) is 38.2 Å². The molecule has 0 aromatic heterocycles. The van der Waals surface area contributed by atoms with Crippen LogP contribution < -0.4 is 10.6 Å². The molecule has 1 saturated carbocycles. The average molecular weight is 375 g/mol. The normalized spacial score (nSPS) is 24.3. The van der Waals surface area contributed by atoms with Gasteiger partial charge in [-0.2, -0.15) is 5.26 Å². The Balaban J connectivity index is 1.74. The minimum Gasteiger partial charge on any atom is -0.336 e. The molecule has 0 bridgehead atoms. The van der Waals surface area contributed by atoms with Crippen molar-refractivity contribution < 1.29 is 14.4 Å². The Morgan fingerprint density at radius 1 is 1.31 bits per heavy atom. The van der Waals surface area contributed by atoms with Gasteiger partial charge in [-0.15, -0.1) is 0 Å². The van der Waals surface area contributed by atoms with Gasteiger partial charge in [-0.25, -0.2) is 4.79 Å². The predicted octanol–water partition coefficient (Wildman–Crippen LogP) is 2.06. The number of nitriles is 1. The fraction of sp³-hybridized carbons (Fsp3) is 0.444. The third-order valence-electron chi connectivity index (χ3n) is 5.05. The Morgan fingerprint density at radius 2 is 1.92 bits per heavy atom. The van der Waals surface area contributed by atoms with E-state index in [2.05, 4.69) is 16.7 Å². The number of imide groups is 1. The van der Waals surface area contributed by atoms with Crippen molar-refractivity contribution in [1.82, 2.24) is 15.5 Å². The maximum Gasteiger partial charge on any atom is 0.325 e. The van der Waals surface area contributed by atoms with Gasteiger partial charge in [0.05, 0.1) is 6.07 Å². The molecule has 7 nitrogen and oxygen atoms in total. The molecule has 2 N–H and O–H groups in total. The van der Waals surface area contributed by atoms with E-state index in [0.29, 0.717) is 23.4 Å². The molecule has 2 aliphatic rings. The summed E-state index contributed by atoms with van der Waals surface area (Å²) in [7, 11) is 0. The molecule has 2 fully saturated rings. The first-order chi connectivity index (χ1) is 12.3. The predicted molar refractivity (Wildman–Crippen MR) is 94.0 cm³/mol. The summed E-state index contributed by atoms with van der Waals surface area (Å²) in [6.07, 6.45) is 2.90. The zero-order valence-corrected chi connectivity index (χ0v) is 15.1. The van der Waals surface area contributed by atoms with Gasteiger partial charge < -0.3 is 10.6 Å². The molecule has 1 aromatic rings. The number of nitrogens with zero attached hydrogens (tertiary/aromatic N) is 2. The molecular formula is C18H19ClN4O3. The minimum atomic E-state index is -1.26. The summed E-state index contributed by atoms with van der Waals surface area (Å²) in [5.41, 5.74) is -1.58. The molecule has 1 atom stereocenters. The molecule has 1 saturated heterocycles. The summed E-state index contributed by atoms with van der Waals surface area (Å²) >= 11 is 5.87. The lowest BCUT2D eigenvalue weighted by molar-refractivity contribution is -0.135. The standard InChI is InChI=1S/C18H19ClN4O3/c1-17(12-4-6-13(19)7-5-12)15(25)23(16(26)22-17)10-14(24)21-18(11-20)8-2-3-9-18/h4-7H,2-3,8-10H2,1H3,(H,21,24)(H,22,26)/t17-/m0/s1. The van der Waals surface area contributed by atoms with Gasteiger partial charge in [-0.1, -0.05) is 23.7 Å². The van der Waals surface area contributed by atoms with Gasteiger partial charge in [0.25, 0.3) is 5.91 Å². The van der Waals surface area contributed by atoms with Crippen molar-refractivity contribution in [2.24, 2.45) is 0 Å². The van der Waals surface area contributed by atoms with Gasteiger partial charge >= 0.3 is 6.03 Å². The first-order valence-electron chi connectivity index (χ1n) is 8.42. The molecule has 26 heavy (non-hydrogen) atoms. The first kappa shape index (κ1) is 18.2. The highest BCUT2D eigenvalue weighted by molar-refractivity contribution is 6.30. The molecule has 0 radical (unpaired) electrons. The van der Waals surface area contributed by atoms with Crippen molar-refractivity contribution in [3.05, 3.63) is 34.9 Å². The zero-order chi connectivity index (χ0) is 18.9. The Bertz CT molecular complexity index is 796. The summed E-state index contributed by atoms with van der Waals surface area (Å²) in [6.45, 7) is 1.17. The molecule has 4 amide bonds. The van der Waals surface area contributed by atoms with Crippen LogP contribution in [0, 0.1) is 11.3 Å². The van der Waals surface area contributed by atoms with Crippen molar-refractivity contribution in [3.8, 4) is 6.07 Å². The monoisotopic (exact) mass is 374 g/mol. The second-order valence-electron chi connectivity index (χ2n) is 6.90. The second kappa shape index (κ2) is 6.61. The molecule has 1 aromatic carbocycles. The van der Waals surface area contributed by atoms with Crippen molar-refractivity contribution in [1.29, 1.82) is 5.26 Å². The highest BCUT2D eigenvalue weighted by Crippen LogP contribution is 2.31. The first-order valence-corrected chi connectivity index (χ1v) is 8.80. The summed E-state index contributed by atoms with van der Waals surface area (Å²) in [5.74, 6) is -1.03. The van der Waals surface area contributed by atoms with Crippen LogP contribution >= 0.6 is 11.6 Å². The van der Waals surface area contributed by atoms with Gasteiger partial charge in [0.2, 0.25) is 5.91 Å². The highest BCUT2D eigenvalue weighted by Gasteiger charge is 2.49. The molecule has 136 valence electrons. The zero-order valence-electron chi connectivity index (χ0n) is 14.3. The molecule has 1 aliphatic carbocycles. The van der Waals surface area contributed by atoms with Crippen molar-refractivity contribution in [2.75, 3.05) is 6.54 Å². The maximum atomic E-state index is 12.8. The summed E-state index contributed by atoms with van der Waals surface area (Å²) < 4.78 is 0. The Hall–Kier alpha value is -2.59. The lowest BCUT2D eigenvalue weighted by Crippen LogP contribution is -2.50. The largest absolute Gasteiger partial charge is 0.336 e. The molecule has 1 heterocycles. The molecule has 1 aliphatic heterocycles. The van der Waals surface area contributed by atoms with Gasteiger partial charge in [-0.3, -0.25) is 14.5 Å². The number of amides is 4. The van der Waals surface area contributed by atoms with Crippen molar-refractivity contribution in [2.45, 2.75) is 43.7 Å². The molecule has 3 rings (SSSR count). The van der Waals surface area contributed by atoms with Crippen LogP contribution in [-0.4, -0.2) is 34.8 Å². The smallest absolute Gasteiger partial charge is 0.325 e. The van der Waals surface area contributed by atoms with E-state index >= 15 is 0 Å². The number of halogens is 1. The van der Waals surface area contributed by atoms with E-state index < -0.39 is 35.5 Å². The fourth-order valence-electron chi connectivity index (χ4n) is 3.51. The number of urea groups is 1. The Labute approximate surface area is 156 Å². The molecule has 0 unspecified atom stereocenters. The number of carbonyl (C=O) groups excluding carboxylic acids is 3. The number of benzene rings is 1. The molecule has 0 spiro atoms. The second-order valence-corrected chi connectivity index (χ2v) is 7.34. The SMILES string of the molecule is C[C@@]1(c2ccc(Cl)cc2)NC(=O)N(CC(=O)NC2(C#N)CCCC2)C1=O. The van der Waals surface area contributed by atoms with Crippen LogP contribution in [0.5, 0.6) is 0 Å². The van der Waals surface area contributed by atoms with E-state index in [1.165, 1.54) is 0 Å². The third kappa shape index (κ3) is 3.13. The van der Waals surface area contributed by atoms with E-state index in [-0.39, 0.29) is 0 Å². The minimum absolute atomic E-state index is 0.419. The Kier molecular flexibility index (Phi) is 4.63. The van der Waals surface area contributed by atoms with Gasteiger partial charge in [0, 0.05) is 5.02 Å². The average Bonchev–Trinajstić information content (AvgIpc) is 3.15. The lowest BCUT2D eigenvalue weighted by Gasteiger charge is -2.24. The van der Waals surface area contributed by atoms with Crippen LogP contribution in [0.2, 0.25) is 5.02 Å². The van der Waals surface area contributed by atoms with Gasteiger partial charge in [-0.05, 0) is 50.3 Å². The quantitative estimate of drug-likeness (QED) is 0.787. The van der Waals surface area contributed by atoms with Crippen molar-refractivity contribution in [3.63, 3.8) is 0 Å². The summed E-state index contributed by atoms with van der Waals surface area (Å²) in [5, 5.41) is 15.2. The van der Waals surface area contributed by atoms with E-state index in [9.17, 15) is 19.6 Å².